The standard InChI is InChI=1S/C17H27N3O/c1-13-6-7-15(12-14(13)2)18-16(21)19-8-10-20(11-9-19)17(3,4)5/h6-7,12H,8-11H2,1-5H3,(H,18,21). The van der Waals surface area contributed by atoms with Gasteiger partial charge in [-0.1, -0.05) is 6.07 Å². The van der Waals surface area contributed by atoms with Gasteiger partial charge in [-0.25, -0.2) is 4.79 Å². The van der Waals surface area contributed by atoms with Gasteiger partial charge in [0.2, 0.25) is 0 Å². The first kappa shape index (κ1) is 15.8. The number of carbonyl (C=O) groups excluding carboxylic acids is 1. The van der Waals surface area contributed by atoms with Crippen LogP contribution in [-0.2, 0) is 0 Å². The molecular weight excluding hydrogens is 262 g/mol. The fourth-order valence-electron chi connectivity index (χ4n) is 2.60. The van der Waals surface area contributed by atoms with Crippen LogP contribution in [0.5, 0.6) is 0 Å². The second kappa shape index (κ2) is 6.06. The predicted octanol–water partition coefficient (Wildman–Crippen LogP) is 3.25. The lowest BCUT2D eigenvalue weighted by molar-refractivity contribution is 0.0774. The first-order valence-electron chi connectivity index (χ1n) is 7.65. The smallest absolute Gasteiger partial charge is 0.321 e. The maximum absolute atomic E-state index is 12.3. The lowest BCUT2D eigenvalue weighted by atomic mass is 10.1. The molecule has 0 aromatic heterocycles. The molecule has 2 rings (SSSR count). The normalized spacial score (nSPS) is 16.9. The number of hydrogen-bond acceptors (Lipinski definition) is 2. The van der Waals surface area contributed by atoms with Crippen molar-refractivity contribution in [3.05, 3.63) is 29.3 Å². The monoisotopic (exact) mass is 289 g/mol. The van der Waals surface area contributed by atoms with Crippen molar-refractivity contribution in [3.8, 4) is 0 Å². The summed E-state index contributed by atoms with van der Waals surface area (Å²) in [6, 6.07) is 6.04. The number of benzene rings is 1. The third-order valence-electron chi connectivity index (χ3n) is 4.27. The molecule has 2 amide bonds. The van der Waals surface area contributed by atoms with Gasteiger partial charge < -0.3 is 10.2 Å². The summed E-state index contributed by atoms with van der Waals surface area (Å²) in [5, 5.41) is 3.00. The van der Waals surface area contributed by atoms with E-state index in [0.717, 1.165) is 31.9 Å². The Balaban J connectivity index is 1.92. The molecule has 4 heteroatoms. The van der Waals surface area contributed by atoms with E-state index in [4.69, 9.17) is 0 Å². The van der Waals surface area contributed by atoms with Gasteiger partial charge in [-0.2, -0.15) is 0 Å². The SMILES string of the molecule is Cc1ccc(NC(=O)N2CCN(C(C)(C)C)CC2)cc1C. The van der Waals surface area contributed by atoms with Crippen molar-refractivity contribution in [2.24, 2.45) is 0 Å². The van der Waals surface area contributed by atoms with Crippen LogP contribution in [0.4, 0.5) is 10.5 Å². The summed E-state index contributed by atoms with van der Waals surface area (Å²) >= 11 is 0. The average molecular weight is 289 g/mol. The molecule has 1 saturated heterocycles. The van der Waals surface area contributed by atoms with E-state index in [1.807, 2.05) is 23.1 Å². The van der Waals surface area contributed by atoms with Crippen LogP contribution in [-0.4, -0.2) is 47.5 Å². The van der Waals surface area contributed by atoms with Gasteiger partial charge in [0.15, 0.2) is 0 Å². The number of rotatable bonds is 1. The zero-order valence-corrected chi connectivity index (χ0v) is 13.9. The number of carbonyl (C=O) groups is 1. The van der Waals surface area contributed by atoms with Crippen molar-refractivity contribution in [2.75, 3.05) is 31.5 Å². The van der Waals surface area contributed by atoms with Crippen LogP contribution >= 0.6 is 0 Å². The summed E-state index contributed by atoms with van der Waals surface area (Å²) in [5.74, 6) is 0. The first-order chi connectivity index (χ1) is 9.77. The van der Waals surface area contributed by atoms with Crippen molar-refractivity contribution in [3.63, 3.8) is 0 Å². The third-order valence-corrected chi connectivity index (χ3v) is 4.27. The minimum absolute atomic E-state index is 0.00631. The summed E-state index contributed by atoms with van der Waals surface area (Å²) in [7, 11) is 0. The second-order valence-electron chi connectivity index (χ2n) is 6.87. The van der Waals surface area contributed by atoms with Gasteiger partial charge in [0.1, 0.15) is 0 Å². The van der Waals surface area contributed by atoms with Crippen LogP contribution in [0.3, 0.4) is 0 Å². The first-order valence-corrected chi connectivity index (χ1v) is 7.65. The summed E-state index contributed by atoms with van der Waals surface area (Å²) in [4.78, 5) is 16.6. The van der Waals surface area contributed by atoms with Crippen LogP contribution < -0.4 is 5.32 Å². The lowest BCUT2D eigenvalue weighted by Gasteiger charge is -2.42. The van der Waals surface area contributed by atoms with E-state index >= 15 is 0 Å². The predicted molar refractivity (Wildman–Crippen MR) is 87.8 cm³/mol. The van der Waals surface area contributed by atoms with Crippen LogP contribution in [0.1, 0.15) is 31.9 Å². The van der Waals surface area contributed by atoms with Gasteiger partial charge in [0.25, 0.3) is 0 Å². The average Bonchev–Trinajstić information content (AvgIpc) is 2.42. The lowest BCUT2D eigenvalue weighted by Crippen LogP contribution is -2.55. The molecule has 1 aliphatic rings. The summed E-state index contributed by atoms with van der Waals surface area (Å²) in [6.45, 7) is 14.2. The van der Waals surface area contributed by atoms with Crippen molar-refractivity contribution in [1.82, 2.24) is 9.80 Å². The number of aryl methyl sites for hydroxylation is 2. The Kier molecular flexibility index (Phi) is 4.57. The van der Waals surface area contributed by atoms with E-state index in [0.29, 0.717) is 0 Å². The van der Waals surface area contributed by atoms with E-state index < -0.39 is 0 Å². The number of nitrogens with one attached hydrogen (secondary N) is 1. The molecule has 1 aromatic rings. The maximum atomic E-state index is 12.3. The van der Waals surface area contributed by atoms with Gasteiger partial charge in [-0.05, 0) is 57.9 Å². The molecule has 0 bridgehead atoms. The molecule has 1 fully saturated rings. The fourth-order valence-corrected chi connectivity index (χ4v) is 2.60. The molecular formula is C17H27N3O. The molecule has 1 heterocycles. The van der Waals surface area contributed by atoms with Gasteiger partial charge >= 0.3 is 6.03 Å². The molecule has 21 heavy (non-hydrogen) atoms. The van der Waals surface area contributed by atoms with Crippen LogP contribution in [0.15, 0.2) is 18.2 Å². The van der Waals surface area contributed by atoms with E-state index in [2.05, 4.69) is 44.8 Å². The highest BCUT2D eigenvalue weighted by molar-refractivity contribution is 5.89. The van der Waals surface area contributed by atoms with Gasteiger partial charge in [-0.15, -0.1) is 0 Å². The van der Waals surface area contributed by atoms with Gasteiger partial charge in [-0.3, -0.25) is 4.90 Å². The van der Waals surface area contributed by atoms with Gasteiger partial charge in [0.05, 0.1) is 0 Å². The molecule has 116 valence electrons. The van der Waals surface area contributed by atoms with Crippen molar-refractivity contribution in [2.45, 2.75) is 40.2 Å². The molecule has 0 atom stereocenters. The largest absolute Gasteiger partial charge is 0.322 e. The summed E-state index contributed by atoms with van der Waals surface area (Å²) in [5.41, 5.74) is 3.50. The molecule has 0 unspecified atom stereocenters. The molecule has 0 spiro atoms. The highest BCUT2D eigenvalue weighted by atomic mass is 16.2. The quantitative estimate of drug-likeness (QED) is 0.861. The minimum Gasteiger partial charge on any atom is -0.322 e. The maximum Gasteiger partial charge on any atom is 0.321 e. The number of urea groups is 1. The summed E-state index contributed by atoms with van der Waals surface area (Å²) in [6.07, 6.45) is 0. The van der Waals surface area contributed by atoms with E-state index in [-0.39, 0.29) is 11.6 Å². The zero-order chi connectivity index (χ0) is 15.6. The van der Waals surface area contributed by atoms with Crippen LogP contribution in [0.2, 0.25) is 0 Å². The second-order valence-corrected chi connectivity index (χ2v) is 6.87. The van der Waals surface area contributed by atoms with E-state index in [1.54, 1.807) is 0 Å². The van der Waals surface area contributed by atoms with Crippen LogP contribution in [0, 0.1) is 13.8 Å². The Morgan fingerprint density at radius 2 is 1.67 bits per heavy atom. The van der Waals surface area contributed by atoms with Gasteiger partial charge in [0, 0.05) is 37.4 Å². The molecule has 0 saturated carbocycles. The number of piperazine rings is 1. The zero-order valence-electron chi connectivity index (χ0n) is 13.9. The molecule has 0 radical (unpaired) electrons. The third kappa shape index (κ3) is 3.97. The molecule has 0 aliphatic carbocycles. The fraction of sp³-hybridized carbons (Fsp3) is 0.588. The highest BCUT2D eigenvalue weighted by Crippen LogP contribution is 2.18. The topological polar surface area (TPSA) is 35.6 Å². The number of amides is 2. The minimum atomic E-state index is 0.00631. The molecule has 1 aliphatic heterocycles. The number of nitrogens with zero attached hydrogens (tertiary/aromatic N) is 2. The van der Waals surface area contributed by atoms with Crippen molar-refractivity contribution in [1.29, 1.82) is 0 Å². The molecule has 1 N–H and O–H groups in total. The Labute approximate surface area is 128 Å². The highest BCUT2D eigenvalue weighted by Gasteiger charge is 2.27. The Bertz CT molecular complexity index is 511. The van der Waals surface area contributed by atoms with Crippen molar-refractivity contribution < 1.29 is 4.79 Å². The summed E-state index contributed by atoms with van der Waals surface area (Å²) < 4.78 is 0. The Hall–Kier alpha value is -1.55. The van der Waals surface area contributed by atoms with E-state index in [9.17, 15) is 4.79 Å². The molecule has 1 aromatic carbocycles. The van der Waals surface area contributed by atoms with Crippen molar-refractivity contribution >= 4 is 11.7 Å². The Morgan fingerprint density at radius 1 is 1.05 bits per heavy atom. The van der Waals surface area contributed by atoms with Crippen LogP contribution in [0.25, 0.3) is 0 Å². The molecule has 4 nitrogen and oxygen atoms in total. The Morgan fingerprint density at radius 3 is 2.19 bits per heavy atom. The number of hydrogen-bond donors (Lipinski definition) is 1. The number of anilines is 1. The van der Waals surface area contributed by atoms with E-state index in [1.165, 1.54) is 11.1 Å².